The van der Waals surface area contributed by atoms with E-state index in [2.05, 4.69) is 14.8 Å². The van der Waals surface area contributed by atoms with Crippen LogP contribution in [0.15, 0.2) is 0 Å². The van der Waals surface area contributed by atoms with Crippen LogP contribution in [0.3, 0.4) is 0 Å². The molecule has 0 bridgehead atoms. The molecule has 0 aromatic rings. The summed E-state index contributed by atoms with van der Waals surface area (Å²) >= 11 is 0. The summed E-state index contributed by atoms with van der Waals surface area (Å²) in [6.07, 6.45) is -0.286. The molecule has 0 aromatic carbocycles. The first-order chi connectivity index (χ1) is 8.40. The second kappa shape index (κ2) is 8.21. The van der Waals surface area contributed by atoms with E-state index < -0.39 is 23.9 Å². The van der Waals surface area contributed by atoms with Gasteiger partial charge in [-0.1, -0.05) is 0 Å². The van der Waals surface area contributed by atoms with Crippen LogP contribution in [0.1, 0.15) is 26.2 Å². The number of carbonyl (C=O) groups excluding carboxylic acids is 4. The molecule has 0 radical (unpaired) electrons. The fourth-order valence-corrected chi connectivity index (χ4v) is 1.23. The lowest BCUT2D eigenvalue weighted by atomic mass is 10.1. The van der Waals surface area contributed by atoms with E-state index in [9.17, 15) is 19.2 Å². The topological polar surface area (TPSA) is 98.8 Å². The molecular weight excluding hydrogens is 242 g/mol. The first-order valence-corrected chi connectivity index (χ1v) is 5.34. The van der Waals surface area contributed by atoms with Gasteiger partial charge in [0.15, 0.2) is 0 Å². The molecule has 1 N–H and O–H groups in total. The summed E-state index contributed by atoms with van der Waals surface area (Å²) < 4.78 is 8.92. The first kappa shape index (κ1) is 16.1. The Morgan fingerprint density at radius 1 is 1.11 bits per heavy atom. The molecule has 7 nitrogen and oxygen atoms in total. The standard InChI is InChI=1S/C11H17NO6/c1-7(13)6-9(14)12-8(11(16)18-3)4-5-10(15)17-2/h8H,4-6H2,1-3H3,(H,12,14)/t8-/m0/s1. The second-order valence-electron chi connectivity index (χ2n) is 3.64. The largest absolute Gasteiger partial charge is 0.469 e. The minimum absolute atomic E-state index is 0.0311. The molecule has 0 aliphatic rings. The third kappa shape index (κ3) is 6.62. The van der Waals surface area contributed by atoms with E-state index in [1.54, 1.807) is 0 Å². The maximum absolute atomic E-state index is 11.4. The van der Waals surface area contributed by atoms with Crippen LogP contribution in [-0.4, -0.2) is 43.9 Å². The Hall–Kier alpha value is -1.92. The number of nitrogens with one attached hydrogen (secondary N) is 1. The first-order valence-electron chi connectivity index (χ1n) is 5.34. The molecule has 0 spiro atoms. The zero-order valence-electron chi connectivity index (χ0n) is 10.6. The van der Waals surface area contributed by atoms with Crippen molar-refractivity contribution in [3.63, 3.8) is 0 Å². The molecule has 0 aliphatic heterocycles. The number of esters is 2. The van der Waals surface area contributed by atoms with Crippen LogP contribution in [0.2, 0.25) is 0 Å². The van der Waals surface area contributed by atoms with E-state index in [1.807, 2.05) is 0 Å². The van der Waals surface area contributed by atoms with Gasteiger partial charge >= 0.3 is 11.9 Å². The summed E-state index contributed by atoms with van der Waals surface area (Å²) in [4.78, 5) is 44.4. The van der Waals surface area contributed by atoms with Crippen LogP contribution in [0.4, 0.5) is 0 Å². The van der Waals surface area contributed by atoms with Gasteiger partial charge in [-0.05, 0) is 13.3 Å². The number of ketones is 1. The lowest BCUT2D eigenvalue weighted by Crippen LogP contribution is -2.42. The number of rotatable bonds is 7. The van der Waals surface area contributed by atoms with Crippen molar-refractivity contribution in [2.45, 2.75) is 32.2 Å². The van der Waals surface area contributed by atoms with Gasteiger partial charge in [0, 0.05) is 6.42 Å². The molecule has 7 heteroatoms. The molecule has 0 unspecified atom stereocenters. The van der Waals surface area contributed by atoms with Crippen LogP contribution < -0.4 is 5.32 Å². The number of methoxy groups -OCH3 is 2. The predicted octanol–water partition coefficient (Wildman–Crippen LogP) is -0.423. The Morgan fingerprint density at radius 3 is 2.17 bits per heavy atom. The minimum atomic E-state index is -0.957. The van der Waals surface area contributed by atoms with Crippen molar-refractivity contribution < 1.29 is 28.7 Å². The third-order valence-electron chi connectivity index (χ3n) is 2.10. The molecule has 0 saturated carbocycles. The monoisotopic (exact) mass is 259 g/mol. The number of Topliss-reactive ketones (excluding diaryl/α,β-unsaturated/α-hetero) is 1. The Kier molecular flexibility index (Phi) is 7.34. The molecule has 1 amide bonds. The van der Waals surface area contributed by atoms with Crippen molar-refractivity contribution in [2.24, 2.45) is 0 Å². The Bertz CT molecular complexity index is 338. The highest BCUT2D eigenvalue weighted by molar-refractivity contribution is 5.98. The normalized spacial score (nSPS) is 11.3. The Labute approximate surface area is 105 Å². The minimum Gasteiger partial charge on any atom is -0.469 e. The summed E-state index contributed by atoms with van der Waals surface area (Å²) in [5.74, 6) is -2.06. The lowest BCUT2D eigenvalue weighted by Gasteiger charge is -2.15. The van der Waals surface area contributed by atoms with Crippen molar-refractivity contribution in [1.29, 1.82) is 0 Å². The quantitative estimate of drug-likeness (QED) is 0.492. The number of ether oxygens (including phenoxy) is 2. The van der Waals surface area contributed by atoms with Crippen LogP contribution in [0, 0.1) is 0 Å². The van der Waals surface area contributed by atoms with E-state index in [0.29, 0.717) is 0 Å². The zero-order valence-corrected chi connectivity index (χ0v) is 10.6. The molecule has 0 rings (SSSR count). The predicted molar refractivity (Wildman–Crippen MR) is 60.5 cm³/mol. The lowest BCUT2D eigenvalue weighted by molar-refractivity contribution is -0.147. The number of hydrogen-bond acceptors (Lipinski definition) is 6. The van der Waals surface area contributed by atoms with Crippen molar-refractivity contribution >= 4 is 23.6 Å². The fraction of sp³-hybridized carbons (Fsp3) is 0.636. The van der Waals surface area contributed by atoms with Crippen molar-refractivity contribution in [1.82, 2.24) is 5.32 Å². The Balaban J connectivity index is 4.40. The maximum atomic E-state index is 11.4. The highest BCUT2D eigenvalue weighted by Gasteiger charge is 2.22. The van der Waals surface area contributed by atoms with E-state index in [0.717, 1.165) is 0 Å². The third-order valence-corrected chi connectivity index (χ3v) is 2.10. The molecule has 18 heavy (non-hydrogen) atoms. The van der Waals surface area contributed by atoms with Crippen LogP contribution in [0.5, 0.6) is 0 Å². The highest BCUT2D eigenvalue weighted by Crippen LogP contribution is 2.02. The van der Waals surface area contributed by atoms with Gasteiger partial charge in [0.2, 0.25) is 5.91 Å². The summed E-state index contributed by atoms with van der Waals surface area (Å²) in [5.41, 5.74) is 0. The molecule has 1 atom stereocenters. The maximum Gasteiger partial charge on any atom is 0.328 e. The molecule has 0 aromatic heterocycles. The summed E-state index contributed by atoms with van der Waals surface area (Å²) in [6.45, 7) is 1.27. The zero-order chi connectivity index (χ0) is 14.1. The summed E-state index contributed by atoms with van der Waals surface area (Å²) in [7, 11) is 2.40. The average molecular weight is 259 g/mol. The van der Waals surface area contributed by atoms with Gasteiger partial charge in [-0.3, -0.25) is 14.4 Å². The van der Waals surface area contributed by atoms with Gasteiger partial charge in [-0.15, -0.1) is 0 Å². The van der Waals surface area contributed by atoms with Gasteiger partial charge in [0.1, 0.15) is 11.8 Å². The second-order valence-corrected chi connectivity index (χ2v) is 3.64. The van der Waals surface area contributed by atoms with Gasteiger partial charge in [0.25, 0.3) is 0 Å². The Morgan fingerprint density at radius 2 is 1.72 bits per heavy atom. The summed E-state index contributed by atoms with van der Waals surface area (Å²) in [6, 6.07) is -0.957. The number of amides is 1. The van der Waals surface area contributed by atoms with Crippen LogP contribution in [-0.2, 0) is 28.7 Å². The molecule has 0 saturated heterocycles. The molecule has 0 fully saturated rings. The van der Waals surface area contributed by atoms with Gasteiger partial charge in [0.05, 0.1) is 20.6 Å². The van der Waals surface area contributed by atoms with E-state index in [-0.39, 0.29) is 25.0 Å². The SMILES string of the molecule is COC(=O)CC[C@H](NC(=O)CC(C)=O)C(=O)OC. The fourth-order valence-electron chi connectivity index (χ4n) is 1.23. The van der Waals surface area contributed by atoms with Crippen LogP contribution in [0.25, 0.3) is 0 Å². The molecular formula is C11H17NO6. The number of hydrogen-bond donors (Lipinski definition) is 1. The van der Waals surface area contributed by atoms with Crippen molar-refractivity contribution in [2.75, 3.05) is 14.2 Å². The van der Waals surface area contributed by atoms with Crippen molar-refractivity contribution in [3.05, 3.63) is 0 Å². The molecule has 0 heterocycles. The highest BCUT2D eigenvalue weighted by atomic mass is 16.5. The molecule has 0 aliphatic carbocycles. The number of carbonyl (C=O) groups is 4. The van der Waals surface area contributed by atoms with Gasteiger partial charge < -0.3 is 14.8 Å². The van der Waals surface area contributed by atoms with Crippen LogP contribution >= 0.6 is 0 Å². The van der Waals surface area contributed by atoms with Crippen molar-refractivity contribution in [3.8, 4) is 0 Å². The van der Waals surface area contributed by atoms with Gasteiger partial charge in [-0.2, -0.15) is 0 Å². The average Bonchev–Trinajstić information content (AvgIpc) is 2.31. The van der Waals surface area contributed by atoms with E-state index in [1.165, 1.54) is 21.1 Å². The molecule has 102 valence electrons. The smallest absolute Gasteiger partial charge is 0.328 e. The summed E-state index contributed by atoms with van der Waals surface area (Å²) in [5, 5.41) is 2.34. The van der Waals surface area contributed by atoms with E-state index in [4.69, 9.17) is 0 Å². The van der Waals surface area contributed by atoms with E-state index >= 15 is 0 Å². The van der Waals surface area contributed by atoms with Gasteiger partial charge in [-0.25, -0.2) is 4.79 Å².